The second kappa shape index (κ2) is 3.77. The minimum Gasteiger partial charge on any atom is -0.390 e. The van der Waals surface area contributed by atoms with E-state index in [0.29, 0.717) is 0 Å². The van der Waals surface area contributed by atoms with Crippen molar-refractivity contribution >= 4 is 9.84 Å². The van der Waals surface area contributed by atoms with Crippen LogP contribution in [0.4, 0.5) is 0 Å². The van der Waals surface area contributed by atoms with E-state index in [1.165, 1.54) is 0 Å². The fraction of sp³-hybridized carbons (Fsp3) is 1.00. The Kier molecular flexibility index (Phi) is 3.20. The van der Waals surface area contributed by atoms with Crippen LogP contribution in [0.1, 0.15) is 13.8 Å². The summed E-state index contributed by atoms with van der Waals surface area (Å²) in [6, 6.07) is -0.452. The molecule has 0 aromatic rings. The van der Waals surface area contributed by atoms with E-state index in [0.717, 1.165) is 0 Å². The standard InChI is InChI=1S/C8H17NO4S/c1-8(2,11)5-9-6-3-14(12,13)4-7(6)10/h6-7,9-11H,3-5H2,1-2H3. The maximum Gasteiger partial charge on any atom is 0.154 e. The molecule has 0 spiro atoms. The maximum atomic E-state index is 11.1. The van der Waals surface area contributed by atoms with E-state index < -0.39 is 27.6 Å². The monoisotopic (exact) mass is 223 g/mol. The zero-order valence-electron chi connectivity index (χ0n) is 8.40. The molecule has 0 aromatic heterocycles. The number of sulfone groups is 1. The lowest BCUT2D eigenvalue weighted by molar-refractivity contribution is 0.0689. The molecule has 0 amide bonds. The Morgan fingerprint density at radius 2 is 2.00 bits per heavy atom. The van der Waals surface area contributed by atoms with Crippen LogP contribution in [0, 0.1) is 0 Å². The molecule has 6 heteroatoms. The van der Waals surface area contributed by atoms with Crippen molar-refractivity contribution in [2.45, 2.75) is 31.6 Å². The van der Waals surface area contributed by atoms with Crippen LogP contribution in [0.25, 0.3) is 0 Å². The molecule has 14 heavy (non-hydrogen) atoms. The van der Waals surface area contributed by atoms with Crippen LogP contribution in [0.2, 0.25) is 0 Å². The maximum absolute atomic E-state index is 11.1. The van der Waals surface area contributed by atoms with Crippen LogP contribution in [0.5, 0.6) is 0 Å². The van der Waals surface area contributed by atoms with Gasteiger partial charge in [-0.25, -0.2) is 8.42 Å². The number of rotatable bonds is 3. The van der Waals surface area contributed by atoms with Gasteiger partial charge < -0.3 is 15.5 Å². The molecule has 1 fully saturated rings. The first-order valence-electron chi connectivity index (χ1n) is 4.54. The summed E-state index contributed by atoms with van der Waals surface area (Å²) < 4.78 is 22.2. The molecular formula is C8H17NO4S. The molecule has 0 bridgehead atoms. The van der Waals surface area contributed by atoms with E-state index in [1.807, 2.05) is 0 Å². The van der Waals surface area contributed by atoms with E-state index in [2.05, 4.69) is 5.32 Å². The minimum absolute atomic E-state index is 0.0513. The van der Waals surface area contributed by atoms with Gasteiger partial charge in [0.2, 0.25) is 0 Å². The van der Waals surface area contributed by atoms with Crippen LogP contribution in [-0.4, -0.2) is 54.4 Å². The fourth-order valence-corrected chi connectivity index (χ4v) is 3.18. The van der Waals surface area contributed by atoms with Crippen molar-refractivity contribution in [3.63, 3.8) is 0 Å². The van der Waals surface area contributed by atoms with Crippen LogP contribution in [0.3, 0.4) is 0 Å². The Balaban J connectivity index is 2.48. The quantitative estimate of drug-likeness (QED) is 0.542. The smallest absolute Gasteiger partial charge is 0.154 e. The van der Waals surface area contributed by atoms with Gasteiger partial charge in [0.15, 0.2) is 9.84 Å². The van der Waals surface area contributed by atoms with Crippen molar-refractivity contribution in [3.8, 4) is 0 Å². The summed E-state index contributed by atoms with van der Waals surface area (Å²) in [5.74, 6) is -0.235. The molecule has 2 unspecified atom stereocenters. The number of hydrogen-bond donors (Lipinski definition) is 3. The Labute approximate surface area is 84.1 Å². The average Bonchev–Trinajstić information content (AvgIpc) is 2.19. The summed E-state index contributed by atoms with van der Waals surface area (Å²) in [6.07, 6.45) is -0.859. The van der Waals surface area contributed by atoms with E-state index >= 15 is 0 Å². The first-order chi connectivity index (χ1) is 6.20. The molecule has 0 aromatic carbocycles. The predicted octanol–water partition coefficient (Wildman–Crippen LogP) is -1.50. The van der Waals surface area contributed by atoms with Crippen molar-refractivity contribution < 1.29 is 18.6 Å². The third-order valence-corrected chi connectivity index (χ3v) is 3.84. The van der Waals surface area contributed by atoms with Gasteiger partial charge in [-0.2, -0.15) is 0 Å². The Bertz CT molecular complexity index is 293. The number of nitrogens with one attached hydrogen (secondary N) is 1. The number of aliphatic hydroxyl groups is 2. The van der Waals surface area contributed by atoms with Crippen molar-refractivity contribution in [3.05, 3.63) is 0 Å². The SMILES string of the molecule is CC(C)(O)CNC1CS(=O)(=O)CC1O. The molecule has 3 N–H and O–H groups in total. The van der Waals surface area contributed by atoms with Gasteiger partial charge in [-0.05, 0) is 13.8 Å². The summed E-state index contributed by atoms with van der Waals surface area (Å²) in [4.78, 5) is 0. The Morgan fingerprint density at radius 1 is 1.43 bits per heavy atom. The largest absolute Gasteiger partial charge is 0.390 e. The van der Waals surface area contributed by atoms with Crippen molar-refractivity contribution in [1.29, 1.82) is 0 Å². The van der Waals surface area contributed by atoms with Crippen LogP contribution < -0.4 is 5.32 Å². The first-order valence-corrected chi connectivity index (χ1v) is 6.36. The summed E-state index contributed by atoms with van der Waals surface area (Å²) in [6.45, 7) is 3.51. The molecule has 1 aliphatic rings. The van der Waals surface area contributed by atoms with E-state index in [1.54, 1.807) is 13.8 Å². The zero-order valence-corrected chi connectivity index (χ0v) is 9.21. The molecule has 1 rings (SSSR count). The third-order valence-electron chi connectivity index (χ3n) is 2.12. The fourth-order valence-electron chi connectivity index (χ4n) is 1.40. The van der Waals surface area contributed by atoms with Gasteiger partial charge in [-0.1, -0.05) is 0 Å². The summed E-state index contributed by atoms with van der Waals surface area (Å²) in [7, 11) is -3.11. The minimum atomic E-state index is -3.11. The van der Waals surface area contributed by atoms with E-state index in [9.17, 15) is 18.6 Å². The van der Waals surface area contributed by atoms with Gasteiger partial charge in [-0.15, -0.1) is 0 Å². The van der Waals surface area contributed by atoms with Gasteiger partial charge >= 0.3 is 0 Å². The number of hydrogen-bond acceptors (Lipinski definition) is 5. The second-order valence-corrected chi connectivity index (χ2v) is 6.60. The molecular weight excluding hydrogens is 206 g/mol. The molecule has 84 valence electrons. The average molecular weight is 223 g/mol. The lowest BCUT2D eigenvalue weighted by Crippen LogP contribution is -2.45. The predicted molar refractivity (Wildman–Crippen MR) is 52.7 cm³/mol. The second-order valence-electron chi connectivity index (χ2n) is 4.44. The molecule has 1 saturated heterocycles. The van der Waals surface area contributed by atoms with Crippen molar-refractivity contribution in [2.75, 3.05) is 18.1 Å². The lowest BCUT2D eigenvalue weighted by Gasteiger charge is -2.22. The highest BCUT2D eigenvalue weighted by molar-refractivity contribution is 7.91. The van der Waals surface area contributed by atoms with Gasteiger partial charge in [-0.3, -0.25) is 0 Å². The number of aliphatic hydroxyl groups excluding tert-OH is 1. The lowest BCUT2D eigenvalue weighted by atomic mass is 10.1. The third kappa shape index (κ3) is 3.53. The Hall–Kier alpha value is -0.170. The van der Waals surface area contributed by atoms with Gasteiger partial charge in [0.1, 0.15) is 0 Å². The molecule has 0 radical (unpaired) electrons. The normalized spacial score (nSPS) is 32.0. The molecule has 0 aliphatic carbocycles. The topological polar surface area (TPSA) is 86.6 Å². The highest BCUT2D eigenvalue weighted by Crippen LogP contribution is 2.13. The zero-order chi connectivity index (χ0) is 11.0. The van der Waals surface area contributed by atoms with Crippen LogP contribution in [-0.2, 0) is 9.84 Å². The van der Waals surface area contributed by atoms with Gasteiger partial charge in [0, 0.05) is 12.6 Å². The summed E-state index contributed by atoms with van der Waals surface area (Å²) >= 11 is 0. The highest BCUT2D eigenvalue weighted by Gasteiger charge is 2.36. The summed E-state index contributed by atoms with van der Waals surface area (Å²) in [5.41, 5.74) is -0.897. The van der Waals surface area contributed by atoms with Gasteiger partial charge in [0.25, 0.3) is 0 Å². The molecule has 1 aliphatic heterocycles. The van der Waals surface area contributed by atoms with Crippen LogP contribution >= 0.6 is 0 Å². The summed E-state index contributed by atoms with van der Waals surface area (Å²) in [5, 5.41) is 21.6. The van der Waals surface area contributed by atoms with Crippen LogP contribution in [0.15, 0.2) is 0 Å². The molecule has 2 atom stereocenters. The highest BCUT2D eigenvalue weighted by atomic mass is 32.2. The molecule has 5 nitrogen and oxygen atoms in total. The van der Waals surface area contributed by atoms with E-state index in [-0.39, 0.29) is 18.1 Å². The van der Waals surface area contributed by atoms with Gasteiger partial charge in [0.05, 0.1) is 23.2 Å². The Morgan fingerprint density at radius 3 is 2.36 bits per heavy atom. The van der Waals surface area contributed by atoms with E-state index in [4.69, 9.17) is 0 Å². The molecule has 0 saturated carbocycles. The molecule has 1 heterocycles. The van der Waals surface area contributed by atoms with Crippen molar-refractivity contribution in [2.24, 2.45) is 0 Å². The first kappa shape index (κ1) is 11.9. The van der Waals surface area contributed by atoms with Crippen molar-refractivity contribution in [1.82, 2.24) is 5.32 Å².